The van der Waals surface area contributed by atoms with Crippen LogP contribution in [0.15, 0.2) is 55.1 Å². The zero-order valence-electron chi connectivity index (χ0n) is 15.0. The lowest BCUT2D eigenvalue weighted by molar-refractivity contribution is -0.116. The van der Waals surface area contributed by atoms with Crippen LogP contribution in [0.4, 0.5) is 10.1 Å². The molecule has 27 heavy (non-hydrogen) atoms. The molecule has 2 aromatic rings. The molecule has 1 N–H and O–H groups in total. The fourth-order valence-corrected chi connectivity index (χ4v) is 4.10. The number of hydrogen-bond acceptors (Lipinski definition) is 2. The molecule has 2 amide bonds. The molecular weight excluding hydrogens is 343 g/mol. The lowest BCUT2D eigenvalue weighted by Crippen LogP contribution is -2.41. The van der Waals surface area contributed by atoms with Crippen molar-refractivity contribution in [3.8, 4) is 0 Å². The third-order valence-electron chi connectivity index (χ3n) is 5.68. The van der Waals surface area contributed by atoms with Crippen molar-refractivity contribution in [3.05, 3.63) is 77.6 Å². The maximum absolute atomic E-state index is 14.5. The van der Waals surface area contributed by atoms with Gasteiger partial charge in [-0.2, -0.15) is 0 Å². The minimum absolute atomic E-state index is 0.118. The van der Waals surface area contributed by atoms with Gasteiger partial charge in [-0.25, -0.2) is 4.39 Å². The molecule has 5 heteroatoms. The lowest BCUT2D eigenvalue weighted by atomic mass is 9.65. The smallest absolute Gasteiger partial charge is 0.258 e. The SMILES string of the molecule is C=CC(=O)NCc1ccc(C(=O)N2CC3(CCC3)c3c(F)cccc32)cc1. The number of nitrogens with zero attached hydrogens (tertiary/aromatic N) is 1. The highest BCUT2D eigenvalue weighted by Crippen LogP contribution is 2.53. The summed E-state index contributed by atoms with van der Waals surface area (Å²) in [4.78, 5) is 26.1. The summed E-state index contributed by atoms with van der Waals surface area (Å²) in [7, 11) is 0. The van der Waals surface area contributed by atoms with Gasteiger partial charge in [0.2, 0.25) is 5.91 Å². The number of carbonyl (C=O) groups is 2. The number of halogens is 1. The van der Waals surface area contributed by atoms with Gasteiger partial charge in [0.05, 0.1) is 5.69 Å². The van der Waals surface area contributed by atoms with Crippen molar-refractivity contribution in [2.45, 2.75) is 31.2 Å². The van der Waals surface area contributed by atoms with Gasteiger partial charge in [-0.05, 0) is 48.7 Å². The number of amides is 2. The Morgan fingerprint density at radius 3 is 2.56 bits per heavy atom. The van der Waals surface area contributed by atoms with Crippen LogP contribution in [0.3, 0.4) is 0 Å². The van der Waals surface area contributed by atoms with Crippen molar-refractivity contribution in [2.75, 3.05) is 11.4 Å². The van der Waals surface area contributed by atoms with Crippen LogP contribution in [-0.2, 0) is 16.8 Å². The van der Waals surface area contributed by atoms with E-state index in [4.69, 9.17) is 0 Å². The van der Waals surface area contributed by atoms with Gasteiger partial charge < -0.3 is 10.2 Å². The normalized spacial score (nSPS) is 16.6. The number of carbonyl (C=O) groups excluding carboxylic acids is 2. The van der Waals surface area contributed by atoms with Crippen LogP contribution < -0.4 is 10.2 Å². The first kappa shape index (κ1) is 17.5. The summed E-state index contributed by atoms with van der Waals surface area (Å²) >= 11 is 0. The monoisotopic (exact) mass is 364 g/mol. The number of fused-ring (bicyclic) bond motifs is 2. The molecule has 1 saturated carbocycles. The minimum atomic E-state index is -0.239. The zero-order valence-corrected chi connectivity index (χ0v) is 15.0. The first-order chi connectivity index (χ1) is 13.0. The third-order valence-corrected chi connectivity index (χ3v) is 5.68. The summed E-state index contributed by atoms with van der Waals surface area (Å²) < 4.78 is 14.5. The maximum Gasteiger partial charge on any atom is 0.258 e. The van der Waals surface area contributed by atoms with E-state index < -0.39 is 0 Å². The second-order valence-electron chi connectivity index (χ2n) is 7.28. The molecule has 138 valence electrons. The van der Waals surface area contributed by atoms with Gasteiger partial charge >= 0.3 is 0 Å². The Hall–Kier alpha value is -2.95. The van der Waals surface area contributed by atoms with E-state index in [9.17, 15) is 14.0 Å². The maximum atomic E-state index is 14.5. The first-order valence-electron chi connectivity index (χ1n) is 9.14. The van der Waals surface area contributed by atoms with E-state index in [0.717, 1.165) is 24.8 Å². The van der Waals surface area contributed by atoms with E-state index in [-0.39, 0.29) is 23.0 Å². The van der Waals surface area contributed by atoms with Crippen molar-refractivity contribution in [3.63, 3.8) is 0 Å². The molecular formula is C22H21FN2O2. The van der Waals surface area contributed by atoms with Crippen molar-refractivity contribution in [1.82, 2.24) is 5.32 Å². The van der Waals surface area contributed by atoms with Gasteiger partial charge in [0.15, 0.2) is 0 Å². The summed E-state index contributed by atoms with van der Waals surface area (Å²) in [5, 5.41) is 2.70. The van der Waals surface area contributed by atoms with E-state index in [1.165, 1.54) is 12.1 Å². The van der Waals surface area contributed by atoms with E-state index in [1.54, 1.807) is 23.1 Å². The standard InChI is InChI=1S/C22H21FN2O2/c1-2-19(26)24-13-15-7-9-16(10-8-15)21(27)25-14-22(11-4-12-22)20-17(23)5-3-6-18(20)25/h2-3,5-10H,1,4,11-14H2,(H,24,26). The number of nitrogens with one attached hydrogen (secondary N) is 1. The van der Waals surface area contributed by atoms with E-state index in [0.29, 0.717) is 29.9 Å². The fourth-order valence-electron chi connectivity index (χ4n) is 4.10. The van der Waals surface area contributed by atoms with Gasteiger partial charge in [-0.3, -0.25) is 9.59 Å². The molecule has 1 heterocycles. The molecule has 0 bridgehead atoms. The molecule has 1 aliphatic heterocycles. The van der Waals surface area contributed by atoms with Crippen LogP contribution in [0.2, 0.25) is 0 Å². The predicted octanol–water partition coefficient (Wildman–Crippen LogP) is 3.71. The second-order valence-corrected chi connectivity index (χ2v) is 7.28. The van der Waals surface area contributed by atoms with Gasteiger partial charge in [0, 0.05) is 29.6 Å². The molecule has 4 nitrogen and oxygen atoms in total. The molecule has 4 rings (SSSR count). The highest BCUT2D eigenvalue weighted by molar-refractivity contribution is 6.07. The number of anilines is 1. The van der Waals surface area contributed by atoms with E-state index >= 15 is 0 Å². The Morgan fingerprint density at radius 1 is 1.19 bits per heavy atom. The Balaban J connectivity index is 1.56. The molecule has 2 aromatic carbocycles. The second kappa shape index (κ2) is 6.65. The van der Waals surface area contributed by atoms with E-state index in [2.05, 4.69) is 11.9 Å². The van der Waals surface area contributed by atoms with Gasteiger partial charge in [-0.1, -0.05) is 31.2 Å². The number of rotatable bonds is 4. The van der Waals surface area contributed by atoms with E-state index in [1.807, 2.05) is 18.2 Å². The molecule has 2 aliphatic rings. The fraction of sp³-hybridized carbons (Fsp3) is 0.273. The highest BCUT2D eigenvalue weighted by atomic mass is 19.1. The van der Waals surface area contributed by atoms with Crippen LogP contribution in [0, 0.1) is 5.82 Å². The summed E-state index contributed by atoms with van der Waals surface area (Å²) in [6.07, 6.45) is 4.14. The van der Waals surface area contributed by atoms with Crippen molar-refractivity contribution in [2.24, 2.45) is 0 Å². The summed E-state index contributed by atoms with van der Waals surface area (Å²) in [5.74, 6) is -0.570. The van der Waals surface area contributed by atoms with Gasteiger partial charge in [-0.15, -0.1) is 0 Å². The Bertz CT molecular complexity index is 916. The number of benzene rings is 2. The van der Waals surface area contributed by atoms with Crippen LogP contribution >= 0.6 is 0 Å². The molecule has 0 unspecified atom stereocenters. The van der Waals surface area contributed by atoms with Crippen molar-refractivity contribution in [1.29, 1.82) is 0 Å². The molecule has 0 radical (unpaired) electrons. The Labute approximate surface area is 157 Å². The van der Waals surface area contributed by atoms with Crippen LogP contribution in [0.25, 0.3) is 0 Å². The zero-order chi connectivity index (χ0) is 19.0. The van der Waals surface area contributed by atoms with Crippen LogP contribution in [0.5, 0.6) is 0 Å². The lowest BCUT2D eigenvalue weighted by Gasteiger charge is -2.39. The summed E-state index contributed by atoms with van der Waals surface area (Å²) in [5.41, 5.74) is 2.63. The van der Waals surface area contributed by atoms with Gasteiger partial charge in [0.25, 0.3) is 5.91 Å². The summed E-state index contributed by atoms with van der Waals surface area (Å²) in [6, 6.07) is 12.1. The van der Waals surface area contributed by atoms with Gasteiger partial charge in [0.1, 0.15) is 5.82 Å². The topological polar surface area (TPSA) is 49.4 Å². The Kier molecular flexibility index (Phi) is 4.30. The third kappa shape index (κ3) is 2.93. The Morgan fingerprint density at radius 2 is 1.93 bits per heavy atom. The molecule has 0 aromatic heterocycles. The number of hydrogen-bond donors (Lipinski definition) is 1. The average Bonchev–Trinajstić information content (AvgIpc) is 3.03. The van der Waals surface area contributed by atoms with Crippen molar-refractivity contribution >= 4 is 17.5 Å². The molecule has 0 saturated heterocycles. The quantitative estimate of drug-likeness (QED) is 0.841. The average molecular weight is 364 g/mol. The molecule has 1 spiro atoms. The molecule has 0 atom stereocenters. The molecule has 1 aliphatic carbocycles. The van der Waals surface area contributed by atoms with Crippen LogP contribution in [-0.4, -0.2) is 18.4 Å². The summed E-state index contributed by atoms with van der Waals surface area (Å²) in [6.45, 7) is 4.33. The first-order valence-corrected chi connectivity index (χ1v) is 9.14. The highest BCUT2D eigenvalue weighted by Gasteiger charge is 2.50. The largest absolute Gasteiger partial charge is 0.348 e. The minimum Gasteiger partial charge on any atom is -0.348 e. The van der Waals surface area contributed by atoms with Crippen LogP contribution in [0.1, 0.15) is 40.7 Å². The molecule has 1 fully saturated rings. The van der Waals surface area contributed by atoms with Crippen molar-refractivity contribution < 1.29 is 14.0 Å². The predicted molar refractivity (Wildman–Crippen MR) is 102 cm³/mol.